The van der Waals surface area contributed by atoms with Crippen molar-refractivity contribution in [2.45, 2.75) is 39.2 Å². The summed E-state index contributed by atoms with van der Waals surface area (Å²) in [5, 5.41) is 0. The molecule has 1 aromatic heterocycles. The summed E-state index contributed by atoms with van der Waals surface area (Å²) in [6.45, 7) is 6.39. The van der Waals surface area contributed by atoms with Crippen LogP contribution in [0, 0.1) is 20.8 Å². The van der Waals surface area contributed by atoms with Crippen molar-refractivity contribution in [3.05, 3.63) is 46.9 Å². The molecule has 0 unspecified atom stereocenters. The van der Waals surface area contributed by atoms with Crippen LogP contribution in [-0.2, 0) is 5.54 Å². The van der Waals surface area contributed by atoms with Gasteiger partial charge in [-0.15, -0.1) is 0 Å². The van der Waals surface area contributed by atoms with Crippen LogP contribution in [0.15, 0.2) is 24.4 Å². The average Bonchev–Trinajstić information content (AvgIpc) is 3.13. The first-order chi connectivity index (χ1) is 8.99. The molecular weight excluding hydrogens is 234 g/mol. The predicted molar refractivity (Wildman–Crippen MR) is 76.8 cm³/mol. The molecule has 0 bridgehead atoms. The second-order valence-corrected chi connectivity index (χ2v) is 5.67. The quantitative estimate of drug-likeness (QED) is 0.895. The van der Waals surface area contributed by atoms with Gasteiger partial charge in [0.2, 0.25) is 0 Å². The Balaban J connectivity index is 2.09. The van der Waals surface area contributed by atoms with Crippen LogP contribution in [0.1, 0.15) is 35.4 Å². The molecule has 1 aromatic carbocycles. The minimum absolute atomic E-state index is 0.274. The van der Waals surface area contributed by atoms with E-state index in [0.29, 0.717) is 0 Å². The Morgan fingerprint density at radius 2 is 1.74 bits per heavy atom. The molecule has 0 saturated heterocycles. The van der Waals surface area contributed by atoms with Gasteiger partial charge in [0, 0.05) is 11.8 Å². The lowest BCUT2D eigenvalue weighted by molar-refractivity contribution is 0.673. The zero-order valence-corrected chi connectivity index (χ0v) is 11.7. The summed E-state index contributed by atoms with van der Waals surface area (Å²) in [6, 6.07) is 6.38. The van der Waals surface area contributed by atoms with Gasteiger partial charge in [0.25, 0.3) is 0 Å². The summed E-state index contributed by atoms with van der Waals surface area (Å²) >= 11 is 0. The smallest absolute Gasteiger partial charge is 0.148 e. The summed E-state index contributed by atoms with van der Waals surface area (Å²) in [5.74, 6) is 0.780. The monoisotopic (exact) mass is 253 g/mol. The van der Waals surface area contributed by atoms with Crippen molar-refractivity contribution < 1.29 is 0 Å². The molecule has 1 aliphatic carbocycles. The van der Waals surface area contributed by atoms with Crippen molar-refractivity contribution in [1.29, 1.82) is 0 Å². The van der Waals surface area contributed by atoms with Gasteiger partial charge in [-0.25, -0.2) is 9.97 Å². The molecule has 3 nitrogen and oxygen atoms in total. The Labute approximate surface area is 113 Å². The van der Waals surface area contributed by atoms with E-state index in [9.17, 15) is 0 Å². The third kappa shape index (κ3) is 2.15. The largest absolute Gasteiger partial charge is 0.319 e. The summed E-state index contributed by atoms with van der Waals surface area (Å²) in [4.78, 5) is 9.00. The zero-order chi connectivity index (χ0) is 13.6. The number of aromatic nitrogens is 2. The molecule has 0 amide bonds. The highest BCUT2D eigenvalue weighted by Crippen LogP contribution is 2.41. The maximum absolute atomic E-state index is 6.18. The molecule has 3 heteroatoms. The number of hydrogen-bond donors (Lipinski definition) is 1. The first-order valence-electron chi connectivity index (χ1n) is 6.70. The molecule has 1 heterocycles. The van der Waals surface area contributed by atoms with Crippen molar-refractivity contribution in [1.82, 2.24) is 9.97 Å². The van der Waals surface area contributed by atoms with E-state index >= 15 is 0 Å². The molecule has 0 aliphatic heterocycles. The fourth-order valence-electron chi connectivity index (χ4n) is 2.34. The van der Waals surface area contributed by atoms with Gasteiger partial charge in [-0.3, -0.25) is 0 Å². The van der Waals surface area contributed by atoms with Crippen LogP contribution in [0.25, 0.3) is 11.3 Å². The van der Waals surface area contributed by atoms with Gasteiger partial charge >= 0.3 is 0 Å². The molecule has 19 heavy (non-hydrogen) atoms. The van der Waals surface area contributed by atoms with E-state index in [1.165, 1.54) is 22.3 Å². The second kappa shape index (κ2) is 4.14. The van der Waals surface area contributed by atoms with Crippen LogP contribution in [0.5, 0.6) is 0 Å². The first-order valence-corrected chi connectivity index (χ1v) is 6.70. The van der Waals surface area contributed by atoms with E-state index in [2.05, 4.69) is 42.9 Å². The first kappa shape index (κ1) is 12.3. The topological polar surface area (TPSA) is 51.8 Å². The summed E-state index contributed by atoms with van der Waals surface area (Å²) in [5.41, 5.74) is 11.9. The number of nitrogens with two attached hydrogens (primary N) is 1. The summed E-state index contributed by atoms with van der Waals surface area (Å²) in [7, 11) is 0. The highest BCUT2D eigenvalue weighted by atomic mass is 15.0. The van der Waals surface area contributed by atoms with Crippen LogP contribution in [0.4, 0.5) is 0 Å². The third-order valence-corrected chi connectivity index (χ3v) is 4.01. The van der Waals surface area contributed by atoms with Gasteiger partial charge in [-0.05, 0) is 62.4 Å². The van der Waals surface area contributed by atoms with E-state index in [0.717, 1.165) is 24.4 Å². The zero-order valence-electron chi connectivity index (χ0n) is 11.7. The van der Waals surface area contributed by atoms with E-state index < -0.39 is 0 Å². The Hall–Kier alpha value is -1.74. The van der Waals surface area contributed by atoms with Crippen molar-refractivity contribution >= 4 is 0 Å². The standard InChI is InChI=1S/C16H19N3/c1-10-8-12(3)13(9-11(10)2)14-4-7-18-15(19-14)16(17)5-6-16/h4,7-9H,5-6,17H2,1-3H3. The van der Waals surface area contributed by atoms with Gasteiger partial charge in [0.1, 0.15) is 5.82 Å². The predicted octanol–water partition coefficient (Wildman–Crippen LogP) is 3.02. The molecule has 1 saturated carbocycles. The normalized spacial score (nSPS) is 16.4. The number of benzene rings is 1. The number of hydrogen-bond acceptors (Lipinski definition) is 3. The molecule has 2 N–H and O–H groups in total. The SMILES string of the molecule is Cc1cc(C)c(-c2ccnc(C3(N)CC3)n2)cc1C. The van der Waals surface area contributed by atoms with Gasteiger partial charge in [-0.2, -0.15) is 0 Å². The molecule has 1 fully saturated rings. The molecule has 0 atom stereocenters. The highest BCUT2D eigenvalue weighted by molar-refractivity contribution is 5.65. The van der Waals surface area contributed by atoms with Crippen LogP contribution in [0.2, 0.25) is 0 Å². The van der Waals surface area contributed by atoms with Crippen LogP contribution >= 0.6 is 0 Å². The van der Waals surface area contributed by atoms with Crippen LogP contribution in [-0.4, -0.2) is 9.97 Å². The van der Waals surface area contributed by atoms with E-state index in [4.69, 9.17) is 5.73 Å². The number of rotatable bonds is 2. The Bertz CT molecular complexity index is 642. The highest BCUT2D eigenvalue weighted by Gasteiger charge is 2.43. The Morgan fingerprint density at radius 3 is 2.42 bits per heavy atom. The molecule has 98 valence electrons. The van der Waals surface area contributed by atoms with Crippen molar-refractivity contribution in [2.75, 3.05) is 0 Å². The Kier molecular flexibility index (Phi) is 2.68. The van der Waals surface area contributed by atoms with E-state index in [1.54, 1.807) is 0 Å². The van der Waals surface area contributed by atoms with E-state index in [-0.39, 0.29) is 5.54 Å². The minimum atomic E-state index is -0.274. The number of nitrogens with zero attached hydrogens (tertiary/aromatic N) is 2. The summed E-state index contributed by atoms with van der Waals surface area (Å²) < 4.78 is 0. The van der Waals surface area contributed by atoms with Gasteiger partial charge < -0.3 is 5.73 Å². The van der Waals surface area contributed by atoms with Crippen molar-refractivity contribution in [3.8, 4) is 11.3 Å². The van der Waals surface area contributed by atoms with Gasteiger partial charge in [0.15, 0.2) is 0 Å². The molecule has 2 aromatic rings. The van der Waals surface area contributed by atoms with Crippen LogP contribution < -0.4 is 5.73 Å². The van der Waals surface area contributed by atoms with Gasteiger partial charge in [-0.1, -0.05) is 6.07 Å². The maximum Gasteiger partial charge on any atom is 0.148 e. The molecule has 3 rings (SSSR count). The van der Waals surface area contributed by atoms with Crippen molar-refractivity contribution in [2.24, 2.45) is 5.73 Å². The summed E-state index contributed by atoms with van der Waals surface area (Å²) in [6.07, 6.45) is 3.80. The lowest BCUT2D eigenvalue weighted by Gasteiger charge is -2.12. The lowest BCUT2D eigenvalue weighted by atomic mass is 9.98. The minimum Gasteiger partial charge on any atom is -0.319 e. The maximum atomic E-state index is 6.18. The fraction of sp³-hybridized carbons (Fsp3) is 0.375. The lowest BCUT2D eigenvalue weighted by Crippen LogP contribution is -2.22. The fourth-order valence-corrected chi connectivity index (χ4v) is 2.34. The molecular formula is C16H19N3. The molecule has 0 spiro atoms. The van der Waals surface area contributed by atoms with Gasteiger partial charge in [0.05, 0.1) is 11.2 Å². The number of aryl methyl sites for hydroxylation is 3. The van der Waals surface area contributed by atoms with Crippen molar-refractivity contribution in [3.63, 3.8) is 0 Å². The molecule has 1 aliphatic rings. The van der Waals surface area contributed by atoms with Crippen LogP contribution in [0.3, 0.4) is 0 Å². The Morgan fingerprint density at radius 1 is 1.05 bits per heavy atom. The third-order valence-electron chi connectivity index (χ3n) is 4.01. The van der Waals surface area contributed by atoms with E-state index in [1.807, 2.05) is 12.3 Å². The second-order valence-electron chi connectivity index (χ2n) is 5.67. The average molecular weight is 253 g/mol. The molecule has 0 radical (unpaired) electrons.